The largest absolute Gasteiger partial charge is 0.496 e. The van der Waals surface area contributed by atoms with Gasteiger partial charge in [-0.15, -0.1) is 23.1 Å². The van der Waals surface area contributed by atoms with Crippen molar-refractivity contribution in [2.24, 2.45) is 0 Å². The Kier molecular flexibility index (Phi) is 6.53. The molecular weight excluding hydrogens is 376 g/mol. The molecule has 1 heterocycles. The maximum atomic E-state index is 12.4. The summed E-state index contributed by atoms with van der Waals surface area (Å²) in [7, 11) is 1.68. The number of aromatic nitrogens is 1. The van der Waals surface area contributed by atoms with Crippen LogP contribution in [0.5, 0.6) is 5.75 Å². The number of benzene rings is 2. The van der Waals surface area contributed by atoms with Crippen LogP contribution in [-0.2, 0) is 17.0 Å². The van der Waals surface area contributed by atoms with Crippen LogP contribution in [0.3, 0.4) is 0 Å². The van der Waals surface area contributed by atoms with Gasteiger partial charge in [-0.1, -0.05) is 37.3 Å². The topological polar surface area (TPSA) is 42.4 Å². The molecule has 27 heavy (non-hydrogen) atoms. The van der Waals surface area contributed by atoms with E-state index in [9.17, 15) is 4.79 Å². The van der Waals surface area contributed by atoms with Gasteiger partial charge >= 0.3 is 0 Å². The first-order valence-corrected chi connectivity index (χ1v) is 10.6. The molecule has 0 aliphatic rings. The Hall–Kier alpha value is -2.31. The fourth-order valence-electron chi connectivity index (χ4n) is 2.79. The Morgan fingerprint density at radius 2 is 1.93 bits per heavy atom. The van der Waals surface area contributed by atoms with Crippen molar-refractivity contribution < 1.29 is 9.53 Å². The van der Waals surface area contributed by atoms with Gasteiger partial charge in [0.15, 0.2) is 5.13 Å². The van der Waals surface area contributed by atoms with Gasteiger partial charge in [0.2, 0.25) is 5.91 Å². The minimum atomic E-state index is -0.0332. The van der Waals surface area contributed by atoms with Crippen LogP contribution >= 0.6 is 23.1 Å². The number of para-hydroxylation sites is 2. The van der Waals surface area contributed by atoms with Crippen LogP contribution in [0.15, 0.2) is 58.8 Å². The molecule has 3 rings (SSSR count). The number of carbonyl (C=O) groups excluding carboxylic acids is 1. The number of methoxy groups -OCH3 is 1. The lowest BCUT2D eigenvalue weighted by Crippen LogP contribution is -2.23. The van der Waals surface area contributed by atoms with Gasteiger partial charge in [-0.2, -0.15) is 0 Å². The molecule has 140 valence electrons. The van der Waals surface area contributed by atoms with Crippen molar-refractivity contribution in [3.05, 3.63) is 65.2 Å². The molecule has 0 aliphatic carbocycles. The summed E-state index contributed by atoms with van der Waals surface area (Å²) in [4.78, 5) is 19.9. The number of nitrogens with zero attached hydrogens (tertiary/aromatic N) is 2. The maximum Gasteiger partial charge on any atom is 0.230 e. The van der Waals surface area contributed by atoms with Crippen LogP contribution in [0.25, 0.3) is 0 Å². The fourth-order valence-corrected chi connectivity index (χ4v) is 4.70. The zero-order chi connectivity index (χ0) is 19.2. The molecule has 6 heteroatoms. The fraction of sp³-hybridized carbons (Fsp3) is 0.238. The molecule has 0 N–H and O–H groups in total. The van der Waals surface area contributed by atoms with Crippen LogP contribution in [0.1, 0.15) is 25.1 Å². The summed E-state index contributed by atoms with van der Waals surface area (Å²) in [5, 5.41) is 2.72. The molecule has 2 aromatic carbocycles. The summed E-state index contributed by atoms with van der Waals surface area (Å²) in [5.41, 5.74) is 2.99. The molecule has 0 saturated heterocycles. The molecule has 0 saturated carbocycles. The van der Waals surface area contributed by atoms with Crippen molar-refractivity contribution in [3.63, 3.8) is 0 Å². The maximum absolute atomic E-state index is 12.4. The van der Waals surface area contributed by atoms with Gasteiger partial charge in [0.1, 0.15) is 5.75 Å². The molecule has 4 nitrogen and oxygen atoms in total. The number of ether oxygens (including phenoxy) is 1. The van der Waals surface area contributed by atoms with E-state index in [1.54, 1.807) is 30.7 Å². The molecule has 1 amide bonds. The van der Waals surface area contributed by atoms with Crippen LogP contribution < -0.4 is 9.64 Å². The summed E-state index contributed by atoms with van der Waals surface area (Å²) in [6, 6.07) is 15.9. The van der Waals surface area contributed by atoms with Crippen molar-refractivity contribution in [2.75, 3.05) is 12.0 Å². The number of thioether (sulfide) groups is 1. The number of hydrogen-bond donors (Lipinski definition) is 0. The number of rotatable bonds is 7. The molecule has 0 unspecified atom stereocenters. The summed E-state index contributed by atoms with van der Waals surface area (Å²) >= 11 is 3.17. The lowest BCUT2D eigenvalue weighted by atomic mass is 10.1. The highest BCUT2D eigenvalue weighted by Crippen LogP contribution is 2.35. The predicted octanol–water partition coefficient (Wildman–Crippen LogP) is 5.69. The Morgan fingerprint density at radius 3 is 2.67 bits per heavy atom. The van der Waals surface area contributed by atoms with E-state index in [2.05, 4.69) is 13.0 Å². The summed E-state index contributed by atoms with van der Waals surface area (Å²) in [5.74, 6) is 1.55. The van der Waals surface area contributed by atoms with Gasteiger partial charge in [-0.05, 0) is 30.2 Å². The number of aryl methyl sites for hydroxylation is 1. The zero-order valence-electron chi connectivity index (χ0n) is 15.6. The van der Waals surface area contributed by atoms with Crippen molar-refractivity contribution in [1.82, 2.24) is 4.98 Å². The highest BCUT2D eigenvalue weighted by molar-refractivity contribution is 7.98. The second-order valence-corrected chi connectivity index (χ2v) is 7.75. The Labute approximate surface area is 168 Å². The average Bonchev–Trinajstić information content (AvgIpc) is 3.15. The van der Waals surface area contributed by atoms with Crippen LogP contribution in [0, 0.1) is 0 Å². The second-order valence-electron chi connectivity index (χ2n) is 5.90. The Morgan fingerprint density at radius 1 is 1.19 bits per heavy atom. The first-order valence-electron chi connectivity index (χ1n) is 8.72. The average molecular weight is 399 g/mol. The third-order valence-corrected chi connectivity index (χ3v) is 6.07. The van der Waals surface area contributed by atoms with Crippen molar-refractivity contribution in [1.29, 1.82) is 0 Å². The first-order chi connectivity index (χ1) is 13.1. The number of hydrogen-bond acceptors (Lipinski definition) is 5. The SMILES string of the molecule is CCc1ccccc1N(C(C)=O)c1nc(CSc2ccccc2OC)cs1. The lowest BCUT2D eigenvalue weighted by Gasteiger charge is -2.20. The quantitative estimate of drug-likeness (QED) is 0.479. The van der Waals surface area contributed by atoms with Crippen LogP contribution in [-0.4, -0.2) is 18.0 Å². The zero-order valence-corrected chi connectivity index (χ0v) is 17.3. The molecule has 1 aromatic heterocycles. The van der Waals surface area contributed by atoms with Crippen molar-refractivity contribution in [3.8, 4) is 5.75 Å². The molecule has 0 atom stereocenters. The standard InChI is InChI=1S/C21H22N2O2S2/c1-4-16-9-5-6-10-18(16)23(15(2)24)21-22-17(14-27-21)13-26-20-12-8-7-11-19(20)25-3/h5-12,14H,4,13H2,1-3H3. The summed E-state index contributed by atoms with van der Waals surface area (Å²) in [6.07, 6.45) is 0.863. The smallest absolute Gasteiger partial charge is 0.230 e. The van der Waals surface area contributed by atoms with E-state index >= 15 is 0 Å². The monoisotopic (exact) mass is 398 g/mol. The van der Waals surface area contributed by atoms with Gasteiger partial charge in [-0.3, -0.25) is 9.69 Å². The number of anilines is 2. The Bertz CT molecular complexity index is 924. The van der Waals surface area contributed by atoms with Gasteiger partial charge in [0, 0.05) is 23.0 Å². The van der Waals surface area contributed by atoms with Crippen LogP contribution in [0.4, 0.5) is 10.8 Å². The Balaban J connectivity index is 1.81. The lowest BCUT2D eigenvalue weighted by molar-refractivity contribution is -0.115. The van der Waals surface area contributed by atoms with E-state index in [-0.39, 0.29) is 5.91 Å². The third-order valence-electron chi connectivity index (χ3n) is 4.10. The summed E-state index contributed by atoms with van der Waals surface area (Å²) in [6.45, 7) is 3.67. The normalized spacial score (nSPS) is 10.6. The first kappa shape index (κ1) is 19.5. The van der Waals surface area contributed by atoms with Gasteiger partial charge in [0.05, 0.1) is 18.5 Å². The van der Waals surface area contributed by atoms with Crippen molar-refractivity contribution in [2.45, 2.75) is 30.9 Å². The van der Waals surface area contributed by atoms with Gasteiger partial charge in [-0.25, -0.2) is 4.98 Å². The number of thiazole rings is 1. The minimum absolute atomic E-state index is 0.0332. The summed E-state index contributed by atoms with van der Waals surface area (Å²) < 4.78 is 5.40. The predicted molar refractivity (Wildman–Crippen MR) is 113 cm³/mol. The van der Waals surface area contributed by atoms with E-state index in [1.165, 1.54) is 11.3 Å². The van der Waals surface area contributed by atoms with E-state index in [4.69, 9.17) is 9.72 Å². The van der Waals surface area contributed by atoms with E-state index in [0.717, 1.165) is 39.8 Å². The third kappa shape index (κ3) is 4.51. The number of amides is 1. The highest BCUT2D eigenvalue weighted by Gasteiger charge is 2.20. The van der Waals surface area contributed by atoms with Crippen LogP contribution in [0.2, 0.25) is 0 Å². The molecule has 0 aliphatic heterocycles. The van der Waals surface area contributed by atoms with Crippen molar-refractivity contribution >= 4 is 39.8 Å². The minimum Gasteiger partial charge on any atom is -0.496 e. The molecule has 0 fully saturated rings. The molecule has 0 radical (unpaired) electrons. The van der Waals surface area contributed by atoms with Gasteiger partial charge in [0.25, 0.3) is 0 Å². The van der Waals surface area contributed by atoms with Gasteiger partial charge < -0.3 is 4.74 Å². The molecule has 0 bridgehead atoms. The number of carbonyl (C=O) groups is 1. The van der Waals surface area contributed by atoms with E-state index in [1.807, 2.05) is 47.8 Å². The molecule has 3 aromatic rings. The highest BCUT2D eigenvalue weighted by atomic mass is 32.2. The molecular formula is C21H22N2O2S2. The van der Waals surface area contributed by atoms with E-state index < -0.39 is 0 Å². The second kappa shape index (κ2) is 9.06. The van der Waals surface area contributed by atoms with E-state index in [0.29, 0.717) is 5.13 Å². The molecule has 0 spiro atoms.